The first-order valence-corrected chi connectivity index (χ1v) is 8.34. The summed E-state index contributed by atoms with van der Waals surface area (Å²) in [5.41, 5.74) is 1.26. The molecular weight excluding hydrogens is 276 g/mol. The van der Waals surface area contributed by atoms with Crippen molar-refractivity contribution in [1.29, 1.82) is 0 Å². The molecule has 0 unspecified atom stereocenters. The molecule has 120 valence electrons. The Labute approximate surface area is 132 Å². The van der Waals surface area contributed by atoms with Crippen LogP contribution in [0.2, 0.25) is 0 Å². The van der Waals surface area contributed by atoms with Gasteiger partial charge in [-0.2, -0.15) is 0 Å². The molecule has 3 rings (SSSR count). The van der Waals surface area contributed by atoms with E-state index in [1.807, 2.05) is 12.1 Å². The fourth-order valence-electron chi connectivity index (χ4n) is 3.35. The van der Waals surface area contributed by atoms with Crippen molar-refractivity contribution >= 4 is 5.91 Å². The van der Waals surface area contributed by atoms with Crippen molar-refractivity contribution in [2.24, 2.45) is 11.8 Å². The number of nitrogens with zero attached hydrogens (tertiary/aromatic N) is 1. The summed E-state index contributed by atoms with van der Waals surface area (Å²) in [5.74, 6) is 1.91. The van der Waals surface area contributed by atoms with E-state index in [4.69, 9.17) is 4.74 Å². The molecule has 1 N–H and O–H groups in total. The van der Waals surface area contributed by atoms with Crippen molar-refractivity contribution in [3.05, 3.63) is 29.8 Å². The van der Waals surface area contributed by atoms with Crippen molar-refractivity contribution in [2.75, 3.05) is 26.7 Å². The number of methoxy groups -OCH3 is 1. The zero-order chi connectivity index (χ0) is 15.5. The third-order valence-electron chi connectivity index (χ3n) is 5.00. The van der Waals surface area contributed by atoms with Crippen LogP contribution in [0.5, 0.6) is 5.75 Å². The van der Waals surface area contributed by atoms with Gasteiger partial charge in [-0.15, -0.1) is 0 Å². The molecule has 0 aromatic heterocycles. The van der Waals surface area contributed by atoms with Gasteiger partial charge in [0.1, 0.15) is 5.75 Å². The largest absolute Gasteiger partial charge is 0.497 e. The number of nitrogens with one attached hydrogen (secondary N) is 1. The smallest absolute Gasteiger partial charge is 0.223 e. The number of amides is 1. The van der Waals surface area contributed by atoms with E-state index in [1.165, 1.54) is 18.4 Å². The first-order valence-electron chi connectivity index (χ1n) is 8.34. The summed E-state index contributed by atoms with van der Waals surface area (Å²) in [5, 5.41) is 3.17. The minimum absolute atomic E-state index is 0.227. The standard InChI is InChI=1S/C18H26N2O2/c1-13-11-16(13)18(21)19-12-17(20-9-3-4-10-20)14-5-7-15(22-2)8-6-14/h5-8,13,16-17H,3-4,9-12H2,1-2H3,(H,19,21)/t13-,16+,17+/m1/s1. The molecule has 1 aliphatic carbocycles. The number of likely N-dealkylation sites (tertiary alicyclic amines) is 1. The lowest BCUT2D eigenvalue weighted by atomic mass is 10.0. The first-order chi connectivity index (χ1) is 10.7. The van der Waals surface area contributed by atoms with Crippen molar-refractivity contribution in [1.82, 2.24) is 10.2 Å². The Morgan fingerprint density at radius 1 is 1.32 bits per heavy atom. The molecule has 3 atom stereocenters. The number of hydrogen-bond acceptors (Lipinski definition) is 3. The summed E-state index contributed by atoms with van der Waals surface area (Å²) in [7, 11) is 1.68. The SMILES string of the molecule is COc1ccc([C@H](CNC(=O)[C@H]2C[C@H]2C)N2CCCC2)cc1. The molecule has 0 bridgehead atoms. The average Bonchev–Trinajstić information content (AvgIpc) is 3.04. The highest BCUT2D eigenvalue weighted by Gasteiger charge is 2.39. The van der Waals surface area contributed by atoms with Crippen LogP contribution in [0.25, 0.3) is 0 Å². The molecular formula is C18H26N2O2. The molecule has 0 radical (unpaired) electrons. The Bertz CT molecular complexity index is 508. The van der Waals surface area contributed by atoms with Crippen LogP contribution in [-0.4, -0.2) is 37.6 Å². The van der Waals surface area contributed by atoms with Gasteiger partial charge in [0.2, 0.25) is 5.91 Å². The normalized spacial score (nSPS) is 25.7. The van der Waals surface area contributed by atoms with E-state index >= 15 is 0 Å². The molecule has 4 nitrogen and oxygen atoms in total. The Morgan fingerprint density at radius 3 is 2.50 bits per heavy atom. The van der Waals surface area contributed by atoms with Crippen LogP contribution in [0, 0.1) is 11.8 Å². The summed E-state index contributed by atoms with van der Waals surface area (Å²) in [6, 6.07) is 8.51. The summed E-state index contributed by atoms with van der Waals surface area (Å²) in [4.78, 5) is 14.6. The highest BCUT2D eigenvalue weighted by molar-refractivity contribution is 5.81. The van der Waals surface area contributed by atoms with Gasteiger partial charge in [-0.3, -0.25) is 9.69 Å². The van der Waals surface area contributed by atoms with E-state index in [-0.39, 0.29) is 17.9 Å². The van der Waals surface area contributed by atoms with E-state index < -0.39 is 0 Å². The number of hydrogen-bond donors (Lipinski definition) is 1. The third-order valence-corrected chi connectivity index (χ3v) is 5.00. The second kappa shape index (κ2) is 6.69. The molecule has 2 fully saturated rings. The highest BCUT2D eigenvalue weighted by Crippen LogP contribution is 2.37. The maximum atomic E-state index is 12.1. The van der Waals surface area contributed by atoms with Crippen LogP contribution in [0.1, 0.15) is 37.8 Å². The minimum atomic E-state index is 0.227. The molecule has 2 aliphatic rings. The lowest BCUT2D eigenvalue weighted by Crippen LogP contribution is -2.37. The summed E-state index contributed by atoms with van der Waals surface area (Å²) >= 11 is 0. The van der Waals surface area contributed by atoms with Gasteiger partial charge in [0.15, 0.2) is 0 Å². The quantitative estimate of drug-likeness (QED) is 0.878. The number of benzene rings is 1. The maximum Gasteiger partial charge on any atom is 0.223 e. The Kier molecular flexibility index (Phi) is 4.67. The van der Waals surface area contributed by atoms with Crippen LogP contribution in [0.4, 0.5) is 0 Å². The molecule has 4 heteroatoms. The molecule has 1 aliphatic heterocycles. The van der Waals surface area contributed by atoms with Gasteiger partial charge >= 0.3 is 0 Å². The Balaban J connectivity index is 1.67. The number of rotatable bonds is 6. The average molecular weight is 302 g/mol. The Morgan fingerprint density at radius 2 is 1.95 bits per heavy atom. The molecule has 1 heterocycles. The van der Waals surface area contributed by atoms with Gasteiger partial charge in [0.25, 0.3) is 0 Å². The second-order valence-corrected chi connectivity index (χ2v) is 6.60. The van der Waals surface area contributed by atoms with Crippen LogP contribution >= 0.6 is 0 Å². The van der Waals surface area contributed by atoms with Gasteiger partial charge in [-0.05, 0) is 56.0 Å². The van der Waals surface area contributed by atoms with Gasteiger partial charge in [0.05, 0.1) is 13.2 Å². The predicted octanol–water partition coefficient (Wildman–Crippen LogP) is 2.60. The summed E-state index contributed by atoms with van der Waals surface area (Å²) in [6.45, 7) is 5.08. The van der Waals surface area contributed by atoms with E-state index in [2.05, 4.69) is 29.3 Å². The zero-order valence-electron chi connectivity index (χ0n) is 13.5. The molecule has 22 heavy (non-hydrogen) atoms. The lowest BCUT2D eigenvalue weighted by Gasteiger charge is -2.28. The molecule has 0 spiro atoms. The van der Waals surface area contributed by atoms with Crippen LogP contribution in [0.15, 0.2) is 24.3 Å². The highest BCUT2D eigenvalue weighted by atomic mass is 16.5. The molecule has 1 saturated heterocycles. The van der Waals surface area contributed by atoms with E-state index in [0.29, 0.717) is 12.5 Å². The fourth-order valence-corrected chi connectivity index (χ4v) is 3.35. The summed E-state index contributed by atoms with van der Waals surface area (Å²) in [6.07, 6.45) is 3.54. The molecule has 1 saturated carbocycles. The number of ether oxygens (including phenoxy) is 1. The van der Waals surface area contributed by atoms with Gasteiger partial charge in [0, 0.05) is 12.5 Å². The maximum absolute atomic E-state index is 12.1. The first kappa shape index (κ1) is 15.3. The van der Waals surface area contributed by atoms with Crippen molar-refractivity contribution in [2.45, 2.75) is 32.2 Å². The van der Waals surface area contributed by atoms with Crippen LogP contribution in [0.3, 0.4) is 0 Å². The molecule has 1 aromatic rings. The van der Waals surface area contributed by atoms with E-state index in [9.17, 15) is 4.79 Å². The monoisotopic (exact) mass is 302 g/mol. The third kappa shape index (κ3) is 3.43. The lowest BCUT2D eigenvalue weighted by molar-refractivity contribution is -0.122. The fraction of sp³-hybridized carbons (Fsp3) is 0.611. The van der Waals surface area contributed by atoms with Crippen molar-refractivity contribution < 1.29 is 9.53 Å². The topological polar surface area (TPSA) is 41.6 Å². The predicted molar refractivity (Wildman–Crippen MR) is 86.8 cm³/mol. The van der Waals surface area contributed by atoms with Gasteiger partial charge in [-0.25, -0.2) is 0 Å². The van der Waals surface area contributed by atoms with Crippen LogP contribution < -0.4 is 10.1 Å². The minimum Gasteiger partial charge on any atom is -0.497 e. The Hall–Kier alpha value is -1.55. The van der Waals surface area contributed by atoms with Crippen molar-refractivity contribution in [3.63, 3.8) is 0 Å². The van der Waals surface area contributed by atoms with Gasteiger partial charge < -0.3 is 10.1 Å². The zero-order valence-corrected chi connectivity index (χ0v) is 13.5. The van der Waals surface area contributed by atoms with Crippen molar-refractivity contribution in [3.8, 4) is 5.75 Å². The van der Waals surface area contributed by atoms with Gasteiger partial charge in [-0.1, -0.05) is 19.1 Å². The van der Waals surface area contributed by atoms with E-state index in [0.717, 1.165) is 25.3 Å². The van der Waals surface area contributed by atoms with Crippen LogP contribution in [-0.2, 0) is 4.79 Å². The molecule has 1 aromatic carbocycles. The second-order valence-electron chi connectivity index (χ2n) is 6.60. The molecule has 1 amide bonds. The number of carbonyl (C=O) groups excluding carboxylic acids is 1. The number of carbonyl (C=O) groups is 1. The van der Waals surface area contributed by atoms with E-state index in [1.54, 1.807) is 7.11 Å². The summed E-state index contributed by atoms with van der Waals surface area (Å²) < 4.78 is 5.24.